The third-order valence-electron chi connectivity index (χ3n) is 6.02. The van der Waals surface area contributed by atoms with E-state index in [9.17, 15) is 4.79 Å². The number of thiophene rings is 1. The van der Waals surface area contributed by atoms with E-state index in [1.165, 1.54) is 16.0 Å². The number of ketones is 1. The normalized spacial score (nSPS) is 16.3. The lowest BCUT2D eigenvalue weighted by Crippen LogP contribution is -2.39. The molecule has 0 saturated carbocycles. The van der Waals surface area contributed by atoms with Crippen LogP contribution >= 0.6 is 11.3 Å². The highest BCUT2D eigenvalue weighted by Gasteiger charge is 2.32. The number of hydrogen-bond donors (Lipinski definition) is 1. The molecule has 0 bridgehead atoms. The highest BCUT2D eigenvalue weighted by atomic mass is 32.1. The van der Waals surface area contributed by atoms with Crippen LogP contribution in [0.4, 0.5) is 0 Å². The largest absolute Gasteiger partial charge is 0.493 e. The summed E-state index contributed by atoms with van der Waals surface area (Å²) in [6.45, 7) is 1.16. The van der Waals surface area contributed by atoms with E-state index in [0.29, 0.717) is 12.3 Å². The van der Waals surface area contributed by atoms with Crippen LogP contribution in [0.15, 0.2) is 60.1 Å². The summed E-state index contributed by atoms with van der Waals surface area (Å²) in [5.41, 5.74) is 4.16. The molecule has 1 aliphatic heterocycles. The fourth-order valence-electron chi connectivity index (χ4n) is 4.52. The molecule has 1 aliphatic rings. The van der Waals surface area contributed by atoms with Crippen molar-refractivity contribution in [3.8, 4) is 11.5 Å². The van der Waals surface area contributed by atoms with Gasteiger partial charge in [-0.1, -0.05) is 24.3 Å². The SMILES string of the molecule is COc1cc2c(cc1OC)C(c1cccs1)N(CC(=O)c1c[nH]c3ccccc13)CC2. The van der Waals surface area contributed by atoms with Crippen LogP contribution in [0.3, 0.4) is 0 Å². The summed E-state index contributed by atoms with van der Waals surface area (Å²) >= 11 is 1.72. The monoisotopic (exact) mass is 432 g/mol. The number of carbonyl (C=O) groups excluding carboxylic acids is 1. The molecule has 2 aromatic heterocycles. The fraction of sp³-hybridized carbons (Fsp3) is 0.240. The minimum atomic E-state index is 0.0118. The number of Topliss-reactive ketones (excluding diaryl/α,β-unsaturated/α-hetero) is 1. The smallest absolute Gasteiger partial charge is 0.178 e. The summed E-state index contributed by atoms with van der Waals surface area (Å²) in [5, 5.41) is 3.06. The molecule has 0 amide bonds. The van der Waals surface area contributed by atoms with Crippen molar-refractivity contribution in [2.24, 2.45) is 0 Å². The molecule has 0 saturated heterocycles. The van der Waals surface area contributed by atoms with E-state index in [4.69, 9.17) is 9.47 Å². The van der Waals surface area contributed by atoms with E-state index in [1.54, 1.807) is 25.6 Å². The van der Waals surface area contributed by atoms with Crippen LogP contribution in [-0.4, -0.2) is 43.0 Å². The van der Waals surface area contributed by atoms with Crippen molar-refractivity contribution >= 4 is 28.0 Å². The summed E-state index contributed by atoms with van der Waals surface area (Å²) in [5.74, 6) is 1.59. The van der Waals surface area contributed by atoms with Crippen LogP contribution in [0.1, 0.15) is 32.4 Å². The number of ether oxygens (including phenoxy) is 2. The van der Waals surface area contributed by atoms with E-state index in [-0.39, 0.29) is 11.8 Å². The Hall–Kier alpha value is -3.09. The van der Waals surface area contributed by atoms with Crippen molar-refractivity contribution in [1.29, 1.82) is 0 Å². The van der Waals surface area contributed by atoms with Crippen molar-refractivity contribution in [3.63, 3.8) is 0 Å². The highest BCUT2D eigenvalue weighted by molar-refractivity contribution is 7.10. The predicted molar refractivity (Wildman–Crippen MR) is 124 cm³/mol. The second-order valence-electron chi connectivity index (χ2n) is 7.72. The first-order chi connectivity index (χ1) is 15.2. The number of rotatable bonds is 6. The molecule has 0 aliphatic carbocycles. The molecule has 2 aromatic carbocycles. The summed E-state index contributed by atoms with van der Waals surface area (Å²) in [7, 11) is 3.32. The maximum absolute atomic E-state index is 13.3. The molecule has 1 N–H and O–H groups in total. The van der Waals surface area contributed by atoms with Gasteiger partial charge in [0.15, 0.2) is 17.3 Å². The first-order valence-electron chi connectivity index (χ1n) is 10.3. The minimum absolute atomic E-state index is 0.0118. The van der Waals surface area contributed by atoms with Gasteiger partial charge in [-0.05, 0) is 47.2 Å². The fourth-order valence-corrected chi connectivity index (χ4v) is 5.40. The van der Waals surface area contributed by atoms with E-state index >= 15 is 0 Å². The average molecular weight is 433 g/mol. The average Bonchev–Trinajstić information content (AvgIpc) is 3.48. The topological polar surface area (TPSA) is 54.6 Å². The molecule has 0 radical (unpaired) electrons. The van der Waals surface area contributed by atoms with Crippen LogP contribution in [0.25, 0.3) is 10.9 Å². The highest BCUT2D eigenvalue weighted by Crippen LogP contribution is 2.42. The summed E-state index contributed by atoms with van der Waals surface area (Å²) in [6, 6.07) is 16.3. The van der Waals surface area contributed by atoms with Gasteiger partial charge in [0.2, 0.25) is 0 Å². The van der Waals surface area contributed by atoms with Gasteiger partial charge in [0.1, 0.15) is 0 Å². The number of aromatic amines is 1. The maximum atomic E-state index is 13.3. The zero-order valence-corrected chi connectivity index (χ0v) is 18.4. The number of methoxy groups -OCH3 is 2. The van der Waals surface area contributed by atoms with Gasteiger partial charge in [-0.3, -0.25) is 9.69 Å². The van der Waals surface area contributed by atoms with E-state index in [2.05, 4.69) is 39.5 Å². The van der Waals surface area contributed by atoms with Gasteiger partial charge in [-0.15, -0.1) is 11.3 Å². The molecule has 5 nitrogen and oxygen atoms in total. The third kappa shape index (κ3) is 3.52. The molecule has 31 heavy (non-hydrogen) atoms. The number of nitrogens with zero attached hydrogens (tertiary/aromatic N) is 1. The molecule has 6 heteroatoms. The lowest BCUT2D eigenvalue weighted by Gasteiger charge is -2.37. The number of H-pyrrole nitrogens is 1. The lowest BCUT2D eigenvalue weighted by atomic mass is 9.90. The Bertz CT molecular complexity index is 1230. The molecule has 1 unspecified atom stereocenters. The van der Waals surface area contributed by atoms with Crippen LogP contribution < -0.4 is 9.47 Å². The minimum Gasteiger partial charge on any atom is -0.493 e. The quantitative estimate of drug-likeness (QED) is 0.432. The van der Waals surface area contributed by atoms with Gasteiger partial charge in [0.05, 0.1) is 26.8 Å². The maximum Gasteiger partial charge on any atom is 0.178 e. The zero-order valence-electron chi connectivity index (χ0n) is 17.6. The second kappa shape index (κ2) is 8.21. The Labute approximate surface area is 185 Å². The van der Waals surface area contributed by atoms with E-state index in [1.807, 2.05) is 30.5 Å². The van der Waals surface area contributed by atoms with Gasteiger partial charge < -0.3 is 14.5 Å². The van der Waals surface area contributed by atoms with E-state index < -0.39 is 0 Å². The van der Waals surface area contributed by atoms with E-state index in [0.717, 1.165) is 35.2 Å². The molecule has 5 rings (SSSR count). The van der Waals surface area contributed by atoms with Gasteiger partial charge in [0, 0.05) is 34.1 Å². The Morgan fingerprint density at radius 3 is 2.71 bits per heavy atom. The summed E-state index contributed by atoms with van der Waals surface area (Å²) < 4.78 is 11.1. The third-order valence-corrected chi connectivity index (χ3v) is 6.95. The number of para-hydroxylation sites is 1. The summed E-state index contributed by atoms with van der Waals surface area (Å²) in [4.78, 5) is 20.1. The van der Waals surface area contributed by atoms with Crippen molar-refractivity contribution < 1.29 is 14.3 Å². The standard InChI is InChI=1S/C25H24N2O3S/c1-29-22-12-16-9-10-27(15-21(28)19-14-26-20-7-4-3-6-17(19)20)25(24-8-5-11-31-24)18(16)13-23(22)30-2/h3-8,11-14,25-26H,9-10,15H2,1-2H3. The molecular formula is C25H24N2O3S. The molecule has 0 spiro atoms. The van der Waals surface area contributed by atoms with Gasteiger partial charge in [-0.2, -0.15) is 0 Å². The molecule has 1 atom stereocenters. The second-order valence-corrected chi connectivity index (χ2v) is 8.69. The molecule has 4 aromatic rings. The first kappa shape index (κ1) is 19.8. The molecule has 0 fully saturated rings. The van der Waals surface area contributed by atoms with Crippen molar-refractivity contribution in [3.05, 3.63) is 81.7 Å². The van der Waals surface area contributed by atoms with Gasteiger partial charge in [-0.25, -0.2) is 0 Å². The lowest BCUT2D eigenvalue weighted by molar-refractivity contribution is 0.0903. The first-order valence-corrected chi connectivity index (χ1v) is 11.2. The number of nitrogens with one attached hydrogen (secondary N) is 1. The number of benzene rings is 2. The van der Waals surface area contributed by atoms with Crippen molar-refractivity contribution in [2.45, 2.75) is 12.5 Å². The van der Waals surface area contributed by atoms with Crippen molar-refractivity contribution in [1.82, 2.24) is 9.88 Å². The Morgan fingerprint density at radius 2 is 1.94 bits per heavy atom. The van der Waals surface area contributed by atoms with Crippen LogP contribution in [0.5, 0.6) is 11.5 Å². The van der Waals surface area contributed by atoms with Crippen LogP contribution in [-0.2, 0) is 6.42 Å². The van der Waals surface area contributed by atoms with Crippen LogP contribution in [0, 0.1) is 0 Å². The zero-order chi connectivity index (χ0) is 21.4. The van der Waals surface area contributed by atoms with Gasteiger partial charge >= 0.3 is 0 Å². The van der Waals surface area contributed by atoms with Gasteiger partial charge in [0.25, 0.3) is 0 Å². The Morgan fingerprint density at radius 1 is 1.13 bits per heavy atom. The number of carbonyl (C=O) groups is 1. The Kier molecular flexibility index (Phi) is 5.26. The number of fused-ring (bicyclic) bond motifs is 2. The summed E-state index contributed by atoms with van der Waals surface area (Å²) in [6.07, 6.45) is 2.69. The molecule has 3 heterocycles. The predicted octanol–water partition coefficient (Wildman–Crippen LogP) is 5.08. The number of hydrogen-bond acceptors (Lipinski definition) is 5. The van der Waals surface area contributed by atoms with Crippen LogP contribution in [0.2, 0.25) is 0 Å². The number of aromatic nitrogens is 1. The van der Waals surface area contributed by atoms with Crippen molar-refractivity contribution in [2.75, 3.05) is 27.3 Å². The molecule has 158 valence electrons. The molecular weight excluding hydrogens is 408 g/mol. The Balaban J connectivity index is 1.52.